The van der Waals surface area contributed by atoms with Gasteiger partial charge in [0.15, 0.2) is 0 Å². The van der Waals surface area contributed by atoms with Crippen LogP contribution in [0.25, 0.3) is 0 Å². The van der Waals surface area contributed by atoms with Gasteiger partial charge in [0, 0.05) is 5.54 Å². The number of likely N-dealkylation sites (tertiary alicyclic amines) is 1. The second-order valence-corrected chi connectivity index (χ2v) is 5.18. The minimum absolute atomic E-state index is 0.0521. The molecule has 1 unspecified atom stereocenters. The van der Waals surface area contributed by atoms with Crippen molar-refractivity contribution < 1.29 is 9.90 Å². The fourth-order valence-electron chi connectivity index (χ4n) is 2.42. The van der Waals surface area contributed by atoms with Crippen LogP contribution in [0.15, 0.2) is 0 Å². The van der Waals surface area contributed by atoms with Gasteiger partial charge in [-0.1, -0.05) is 13.3 Å². The Balaban J connectivity index is 2.54. The zero-order valence-electron chi connectivity index (χ0n) is 10.1. The van der Waals surface area contributed by atoms with Crippen molar-refractivity contribution in [2.75, 3.05) is 13.1 Å². The topological polar surface area (TPSA) is 40.5 Å². The van der Waals surface area contributed by atoms with E-state index in [9.17, 15) is 4.79 Å². The molecule has 1 aliphatic heterocycles. The molecule has 0 spiro atoms. The Morgan fingerprint density at radius 2 is 2.20 bits per heavy atom. The molecule has 0 aromatic carbocycles. The number of carboxylic acid groups (broad SMARTS) is 1. The van der Waals surface area contributed by atoms with Crippen LogP contribution in [0.4, 0.5) is 0 Å². The van der Waals surface area contributed by atoms with Crippen molar-refractivity contribution in [3.8, 4) is 0 Å². The highest BCUT2D eigenvalue weighted by molar-refractivity contribution is 5.70. The number of carboxylic acids is 1. The van der Waals surface area contributed by atoms with Crippen LogP contribution in [0.1, 0.15) is 46.5 Å². The van der Waals surface area contributed by atoms with Crippen LogP contribution in [0.3, 0.4) is 0 Å². The third kappa shape index (κ3) is 3.20. The van der Waals surface area contributed by atoms with Gasteiger partial charge in [-0.3, -0.25) is 9.69 Å². The van der Waals surface area contributed by atoms with Crippen LogP contribution in [-0.2, 0) is 4.79 Å². The average Bonchev–Trinajstić information content (AvgIpc) is 2.14. The van der Waals surface area contributed by atoms with Crippen molar-refractivity contribution in [2.24, 2.45) is 5.92 Å². The molecule has 0 aliphatic carbocycles. The molecule has 0 amide bonds. The first-order chi connectivity index (χ1) is 6.97. The van der Waals surface area contributed by atoms with Gasteiger partial charge in [0.1, 0.15) is 0 Å². The summed E-state index contributed by atoms with van der Waals surface area (Å²) in [4.78, 5) is 13.4. The lowest BCUT2D eigenvalue weighted by atomic mass is 9.82. The second-order valence-electron chi connectivity index (χ2n) is 5.18. The molecule has 0 aromatic heterocycles. The maximum absolute atomic E-state index is 10.9. The molecule has 1 N–H and O–H groups in total. The molecule has 0 bridgehead atoms. The van der Waals surface area contributed by atoms with E-state index in [0.29, 0.717) is 0 Å². The first-order valence-corrected chi connectivity index (χ1v) is 5.95. The van der Waals surface area contributed by atoms with E-state index in [1.807, 2.05) is 0 Å². The minimum Gasteiger partial charge on any atom is -0.481 e. The highest BCUT2D eigenvalue weighted by atomic mass is 16.4. The molecule has 1 heterocycles. The van der Waals surface area contributed by atoms with Crippen LogP contribution < -0.4 is 0 Å². The van der Waals surface area contributed by atoms with Gasteiger partial charge in [0.05, 0.1) is 5.92 Å². The van der Waals surface area contributed by atoms with E-state index in [2.05, 4.69) is 25.7 Å². The fourth-order valence-corrected chi connectivity index (χ4v) is 2.42. The van der Waals surface area contributed by atoms with Gasteiger partial charge in [-0.05, 0) is 46.2 Å². The summed E-state index contributed by atoms with van der Waals surface area (Å²) in [6.07, 6.45) is 4.00. The largest absolute Gasteiger partial charge is 0.481 e. The van der Waals surface area contributed by atoms with Gasteiger partial charge in [0.25, 0.3) is 0 Å². The molecule has 0 saturated carbocycles. The quantitative estimate of drug-likeness (QED) is 0.779. The van der Waals surface area contributed by atoms with E-state index in [1.54, 1.807) is 0 Å². The van der Waals surface area contributed by atoms with Gasteiger partial charge in [-0.15, -0.1) is 0 Å². The smallest absolute Gasteiger partial charge is 0.306 e. The molecule has 1 fully saturated rings. The van der Waals surface area contributed by atoms with E-state index in [-0.39, 0.29) is 11.5 Å². The monoisotopic (exact) mass is 213 g/mol. The third-order valence-corrected chi connectivity index (χ3v) is 3.48. The highest BCUT2D eigenvalue weighted by Crippen LogP contribution is 2.31. The molecule has 88 valence electrons. The Morgan fingerprint density at radius 3 is 2.67 bits per heavy atom. The Bertz CT molecular complexity index is 226. The number of aliphatic carboxylic acids is 1. The predicted molar refractivity (Wildman–Crippen MR) is 60.9 cm³/mol. The Labute approximate surface area is 92.5 Å². The fraction of sp³-hybridized carbons (Fsp3) is 0.917. The van der Waals surface area contributed by atoms with Crippen molar-refractivity contribution in [3.05, 3.63) is 0 Å². The van der Waals surface area contributed by atoms with Crippen molar-refractivity contribution in [1.82, 2.24) is 4.90 Å². The van der Waals surface area contributed by atoms with E-state index < -0.39 is 5.97 Å². The van der Waals surface area contributed by atoms with Crippen LogP contribution in [0.5, 0.6) is 0 Å². The van der Waals surface area contributed by atoms with Gasteiger partial charge in [0.2, 0.25) is 0 Å². The number of hydrogen-bond donors (Lipinski definition) is 1. The first kappa shape index (κ1) is 12.5. The van der Waals surface area contributed by atoms with E-state index >= 15 is 0 Å². The van der Waals surface area contributed by atoms with Gasteiger partial charge in [-0.25, -0.2) is 0 Å². The number of unbranched alkanes of at least 4 members (excludes halogenated alkanes) is 1. The molecule has 3 nitrogen and oxygen atoms in total. The summed E-state index contributed by atoms with van der Waals surface area (Å²) >= 11 is 0. The lowest BCUT2D eigenvalue weighted by Gasteiger charge is -2.44. The standard InChI is InChI=1S/C12H23NO2/c1-4-5-7-13-8-6-10(11(14)15)9-12(13,2)3/h10H,4-9H2,1-3H3,(H,14,15). The van der Waals surface area contributed by atoms with Crippen molar-refractivity contribution in [1.29, 1.82) is 0 Å². The van der Waals surface area contributed by atoms with Gasteiger partial charge >= 0.3 is 5.97 Å². The lowest BCUT2D eigenvalue weighted by molar-refractivity contribution is -0.145. The average molecular weight is 213 g/mol. The number of piperidine rings is 1. The first-order valence-electron chi connectivity index (χ1n) is 5.95. The number of carbonyl (C=O) groups is 1. The molecular formula is C12H23NO2. The third-order valence-electron chi connectivity index (χ3n) is 3.48. The maximum atomic E-state index is 10.9. The second kappa shape index (κ2) is 4.97. The van der Waals surface area contributed by atoms with Gasteiger partial charge < -0.3 is 5.11 Å². The summed E-state index contributed by atoms with van der Waals surface area (Å²) in [5.41, 5.74) is 0.0521. The summed E-state index contributed by atoms with van der Waals surface area (Å²) < 4.78 is 0. The zero-order valence-corrected chi connectivity index (χ0v) is 10.1. The van der Waals surface area contributed by atoms with Crippen LogP contribution in [0.2, 0.25) is 0 Å². The van der Waals surface area contributed by atoms with Gasteiger partial charge in [-0.2, -0.15) is 0 Å². The van der Waals surface area contributed by atoms with Crippen LogP contribution >= 0.6 is 0 Å². The minimum atomic E-state index is -0.627. The molecule has 1 aliphatic rings. The summed E-state index contributed by atoms with van der Waals surface area (Å²) in [6, 6.07) is 0. The van der Waals surface area contributed by atoms with Crippen molar-refractivity contribution in [3.63, 3.8) is 0 Å². The van der Waals surface area contributed by atoms with Crippen molar-refractivity contribution >= 4 is 5.97 Å². The number of nitrogens with zero attached hydrogens (tertiary/aromatic N) is 1. The zero-order chi connectivity index (χ0) is 11.5. The molecule has 0 radical (unpaired) electrons. The Hall–Kier alpha value is -0.570. The van der Waals surface area contributed by atoms with Crippen LogP contribution in [-0.4, -0.2) is 34.6 Å². The predicted octanol–water partition coefficient (Wildman–Crippen LogP) is 2.36. The number of rotatable bonds is 4. The molecule has 0 aromatic rings. The number of hydrogen-bond acceptors (Lipinski definition) is 2. The molecule has 1 saturated heterocycles. The SMILES string of the molecule is CCCCN1CCC(C(=O)O)CC1(C)C. The van der Waals surface area contributed by atoms with E-state index in [1.165, 1.54) is 12.8 Å². The van der Waals surface area contributed by atoms with E-state index in [4.69, 9.17) is 5.11 Å². The Kier molecular flexibility index (Phi) is 4.14. The summed E-state index contributed by atoms with van der Waals surface area (Å²) in [5.74, 6) is -0.768. The lowest BCUT2D eigenvalue weighted by Crippen LogP contribution is -2.51. The normalized spacial score (nSPS) is 26.5. The maximum Gasteiger partial charge on any atom is 0.306 e. The van der Waals surface area contributed by atoms with Crippen molar-refractivity contribution in [2.45, 2.75) is 52.0 Å². The van der Waals surface area contributed by atoms with Crippen LogP contribution in [0, 0.1) is 5.92 Å². The molecule has 15 heavy (non-hydrogen) atoms. The Morgan fingerprint density at radius 1 is 1.53 bits per heavy atom. The van der Waals surface area contributed by atoms with E-state index in [0.717, 1.165) is 25.9 Å². The molecule has 1 atom stereocenters. The summed E-state index contributed by atoms with van der Waals surface area (Å²) in [6.45, 7) is 8.56. The molecule has 1 rings (SSSR count). The molecule has 3 heteroatoms. The highest BCUT2D eigenvalue weighted by Gasteiger charge is 2.36. The summed E-state index contributed by atoms with van der Waals surface area (Å²) in [5, 5.41) is 9.01. The molecular weight excluding hydrogens is 190 g/mol. The summed E-state index contributed by atoms with van der Waals surface area (Å²) in [7, 11) is 0.